The van der Waals surface area contributed by atoms with Crippen molar-refractivity contribution in [3.05, 3.63) is 84.2 Å². The van der Waals surface area contributed by atoms with Crippen LogP contribution in [0, 0.1) is 0 Å². The maximum atomic E-state index is 10.7. The summed E-state index contributed by atoms with van der Waals surface area (Å²) in [5.41, 5.74) is 2.03. The van der Waals surface area contributed by atoms with Gasteiger partial charge < -0.3 is 15.7 Å². The average Bonchev–Trinajstić information content (AvgIpc) is 3.22. The Morgan fingerprint density at radius 2 is 1.73 bits per heavy atom. The van der Waals surface area contributed by atoms with Gasteiger partial charge in [0.2, 0.25) is 0 Å². The Labute approximate surface area is 195 Å². The Balaban J connectivity index is 0.00000320. The van der Waals surface area contributed by atoms with Crippen LogP contribution in [0.2, 0.25) is 0 Å². The van der Waals surface area contributed by atoms with E-state index < -0.39 is 5.60 Å². The molecule has 2 aromatic carbocycles. The van der Waals surface area contributed by atoms with E-state index in [-0.39, 0.29) is 30.5 Å². The van der Waals surface area contributed by atoms with Gasteiger partial charge in [-0.15, -0.1) is 24.0 Å². The van der Waals surface area contributed by atoms with Crippen molar-refractivity contribution in [1.29, 1.82) is 0 Å². The molecule has 0 saturated heterocycles. The zero-order chi connectivity index (χ0) is 20.5. The monoisotopic (exact) mass is 519 g/mol. The van der Waals surface area contributed by atoms with Crippen LogP contribution < -0.4 is 10.6 Å². The van der Waals surface area contributed by atoms with Crippen LogP contribution in [0.25, 0.3) is 5.69 Å². The summed E-state index contributed by atoms with van der Waals surface area (Å²) < 4.78 is 1.88. The lowest BCUT2D eigenvalue weighted by Gasteiger charge is -2.22. The minimum Gasteiger partial charge on any atom is -0.384 e. The second-order valence-electron chi connectivity index (χ2n) is 7.14. The molecule has 0 radical (unpaired) electrons. The lowest BCUT2D eigenvalue weighted by atomic mass is 9.96. The molecule has 0 aliphatic rings. The number of hydrogen-bond acceptors (Lipinski definition) is 3. The van der Waals surface area contributed by atoms with Crippen molar-refractivity contribution in [1.82, 2.24) is 20.4 Å². The number of aliphatic hydroxyl groups is 1. The van der Waals surface area contributed by atoms with Crippen LogP contribution in [0.3, 0.4) is 0 Å². The first-order valence-electron chi connectivity index (χ1n) is 9.97. The van der Waals surface area contributed by atoms with Crippen LogP contribution in [-0.4, -0.2) is 40.5 Å². The molecule has 0 aliphatic heterocycles. The summed E-state index contributed by atoms with van der Waals surface area (Å²) >= 11 is 0. The Bertz CT molecular complexity index is 910. The summed E-state index contributed by atoms with van der Waals surface area (Å²) in [5.74, 6) is 0.694. The molecule has 0 aliphatic carbocycles. The van der Waals surface area contributed by atoms with E-state index in [4.69, 9.17) is 0 Å². The third-order valence-electron chi connectivity index (χ3n) is 4.65. The van der Waals surface area contributed by atoms with Crippen LogP contribution in [-0.2, 0) is 12.0 Å². The van der Waals surface area contributed by atoms with Gasteiger partial charge in [0.05, 0.1) is 18.4 Å². The van der Waals surface area contributed by atoms with E-state index in [1.165, 1.54) is 0 Å². The minimum atomic E-state index is -1.01. The molecule has 0 amide bonds. The molecule has 3 aromatic rings. The van der Waals surface area contributed by atoms with Crippen molar-refractivity contribution in [3.63, 3.8) is 0 Å². The number of halogens is 1. The maximum absolute atomic E-state index is 10.7. The van der Waals surface area contributed by atoms with Crippen molar-refractivity contribution < 1.29 is 5.11 Å². The van der Waals surface area contributed by atoms with Crippen LogP contribution in [0.5, 0.6) is 0 Å². The van der Waals surface area contributed by atoms with E-state index >= 15 is 0 Å². The van der Waals surface area contributed by atoms with Crippen LogP contribution in [0.1, 0.15) is 25.0 Å². The quantitative estimate of drug-likeness (QED) is 0.242. The summed E-state index contributed by atoms with van der Waals surface area (Å²) in [7, 11) is 0. The summed E-state index contributed by atoms with van der Waals surface area (Å²) in [6.45, 7) is 5.56. The first-order chi connectivity index (χ1) is 14.1. The van der Waals surface area contributed by atoms with Gasteiger partial charge in [0.1, 0.15) is 5.60 Å². The molecule has 30 heavy (non-hydrogen) atoms. The third kappa shape index (κ3) is 6.84. The minimum absolute atomic E-state index is 0. The van der Waals surface area contributed by atoms with Crippen molar-refractivity contribution in [2.45, 2.75) is 25.9 Å². The Hall–Kier alpha value is -2.39. The molecular weight excluding hydrogens is 489 g/mol. The van der Waals surface area contributed by atoms with Gasteiger partial charge in [-0.1, -0.05) is 48.5 Å². The standard InChI is InChI=1S/C23H29N5O.HI/c1-3-24-22(26-18-23(2,29)20-10-6-4-7-11-20)25-15-14-19-16-27-28(17-19)21-12-8-5-9-13-21;/h4-13,16-17,29H,3,14-15,18H2,1-2H3,(H2,24,25,26);1H. The summed E-state index contributed by atoms with van der Waals surface area (Å²) in [5, 5.41) is 21.7. The van der Waals surface area contributed by atoms with E-state index in [1.807, 2.05) is 84.7 Å². The second-order valence-corrected chi connectivity index (χ2v) is 7.14. The fourth-order valence-corrected chi connectivity index (χ4v) is 3.00. The molecule has 1 aromatic heterocycles. The number of para-hydroxylation sites is 1. The van der Waals surface area contributed by atoms with Gasteiger partial charge in [0.15, 0.2) is 5.96 Å². The molecule has 1 atom stereocenters. The van der Waals surface area contributed by atoms with E-state index in [9.17, 15) is 5.11 Å². The predicted molar refractivity (Wildman–Crippen MR) is 133 cm³/mol. The fraction of sp³-hybridized carbons (Fsp3) is 0.304. The highest BCUT2D eigenvalue weighted by atomic mass is 127. The topological polar surface area (TPSA) is 74.5 Å². The van der Waals surface area contributed by atoms with E-state index in [0.29, 0.717) is 5.96 Å². The number of rotatable bonds is 8. The molecule has 0 bridgehead atoms. The van der Waals surface area contributed by atoms with Gasteiger partial charge in [-0.3, -0.25) is 0 Å². The smallest absolute Gasteiger partial charge is 0.191 e. The summed E-state index contributed by atoms with van der Waals surface area (Å²) in [4.78, 5) is 4.57. The second kappa shape index (κ2) is 11.7. The number of guanidine groups is 1. The maximum Gasteiger partial charge on any atom is 0.191 e. The molecule has 6 nitrogen and oxygen atoms in total. The molecule has 1 heterocycles. The number of aromatic nitrogens is 2. The van der Waals surface area contributed by atoms with Crippen molar-refractivity contribution in [2.75, 3.05) is 19.6 Å². The molecule has 3 rings (SSSR count). The molecule has 1 unspecified atom stereocenters. The van der Waals surface area contributed by atoms with Crippen LogP contribution >= 0.6 is 24.0 Å². The zero-order valence-electron chi connectivity index (χ0n) is 17.5. The van der Waals surface area contributed by atoms with Gasteiger partial charge >= 0.3 is 0 Å². The third-order valence-corrected chi connectivity index (χ3v) is 4.65. The largest absolute Gasteiger partial charge is 0.384 e. The van der Waals surface area contributed by atoms with E-state index in [2.05, 4.69) is 20.7 Å². The number of nitrogens with one attached hydrogen (secondary N) is 2. The SMILES string of the molecule is CCNC(=NCC(C)(O)c1ccccc1)NCCc1cnn(-c2ccccc2)c1.I. The molecule has 7 heteroatoms. The van der Waals surface area contributed by atoms with Crippen molar-refractivity contribution >= 4 is 29.9 Å². The first-order valence-corrected chi connectivity index (χ1v) is 9.97. The fourth-order valence-electron chi connectivity index (χ4n) is 3.00. The highest BCUT2D eigenvalue weighted by Crippen LogP contribution is 2.20. The molecule has 3 N–H and O–H groups in total. The number of benzene rings is 2. The van der Waals surface area contributed by atoms with Gasteiger partial charge in [-0.25, -0.2) is 9.67 Å². The van der Waals surface area contributed by atoms with Gasteiger partial charge in [0, 0.05) is 19.3 Å². The van der Waals surface area contributed by atoms with Gasteiger partial charge in [-0.05, 0) is 43.5 Å². The molecule has 0 saturated carbocycles. The summed E-state index contributed by atoms with van der Waals surface area (Å²) in [6, 6.07) is 19.7. The van der Waals surface area contributed by atoms with Gasteiger partial charge in [-0.2, -0.15) is 5.10 Å². The molecule has 0 spiro atoms. The van der Waals surface area contributed by atoms with Crippen LogP contribution in [0.4, 0.5) is 0 Å². The van der Waals surface area contributed by atoms with Crippen molar-refractivity contribution in [2.24, 2.45) is 4.99 Å². The highest BCUT2D eigenvalue weighted by Gasteiger charge is 2.22. The Morgan fingerprint density at radius 3 is 2.40 bits per heavy atom. The molecule has 160 valence electrons. The first kappa shape index (κ1) is 23.9. The summed E-state index contributed by atoms with van der Waals surface area (Å²) in [6.07, 6.45) is 4.76. The Morgan fingerprint density at radius 1 is 1.07 bits per heavy atom. The lowest BCUT2D eigenvalue weighted by Crippen LogP contribution is -2.39. The number of aliphatic imine (C=N–C) groups is 1. The molecular formula is C23H30IN5O. The van der Waals surface area contributed by atoms with Crippen molar-refractivity contribution in [3.8, 4) is 5.69 Å². The average molecular weight is 519 g/mol. The lowest BCUT2D eigenvalue weighted by molar-refractivity contribution is 0.0672. The van der Waals surface area contributed by atoms with Crippen LogP contribution in [0.15, 0.2) is 78.0 Å². The van der Waals surface area contributed by atoms with E-state index in [0.717, 1.165) is 36.3 Å². The predicted octanol–water partition coefficient (Wildman–Crippen LogP) is 3.50. The number of hydrogen-bond donors (Lipinski definition) is 3. The van der Waals surface area contributed by atoms with Gasteiger partial charge in [0.25, 0.3) is 0 Å². The highest BCUT2D eigenvalue weighted by molar-refractivity contribution is 14.0. The normalized spacial score (nSPS) is 13.2. The zero-order valence-corrected chi connectivity index (χ0v) is 19.8. The number of nitrogens with zero attached hydrogens (tertiary/aromatic N) is 3. The Kier molecular flexibility index (Phi) is 9.32. The molecule has 0 fully saturated rings. The van der Waals surface area contributed by atoms with E-state index in [1.54, 1.807) is 6.92 Å².